The second kappa shape index (κ2) is 8.45. The Bertz CT molecular complexity index is 665. The Kier molecular flexibility index (Phi) is 6.04. The molecule has 1 aromatic heterocycles. The van der Waals surface area contributed by atoms with Crippen LogP contribution in [0.2, 0.25) is 0 Å². The van der Waals surface area contributed by atoms with E-state index in [9.17, 15) is 4.79 Å². The zero-order valence-electron chi connectivity index (χ0n) is 15.1. The first-order chi connectivity index (χ1) is 12.1. The summed E-state index contributed by atoms with van der Waals surface area (Å²) in [6.07, 6.45) is 1.14. The molecule has 3 rings (SSSR count). The molecule has 1 aromatic carbocycles. The SMILES string of the molecule is CC(C)CN1CCOC(CNC(=O)CCc2nc3ccccc3[nH]2)C1. The van der Waals surface area contributed by atoms with E-state index in [0.29, 0.717) is 25.3 Å². The Balaban J connectivity index is 1.40. The van der Waals surface area contributed by atoms with E-state index in [0.717, 1.165) is 43.1 Å². The van der Waals surface area contributed by atoms with Gasteiger partial charge in [0.1, 0.15) is 5.82 Å². The van der Waals surface area contributed by atoms with E-state index in [1.165, 1.54) is 0 Å². The molecule has 1 atom stereocenters. The summed E-state index contributed by atoms with van der Waals surface area (Å²) in [5.41, 5.74) is 1.96. The summed E-state index contributed by atoms with van der Waals surface area (Å²) in [5.74, 6) is 1.55. The van der Waals surface area contributed by atoms with E-state index in [2.05, 4.69) is 34.0 Å². The van der Waals surface area contributed by atoms with Gasteiger partial charge in [-0.05, 0) is 18.1 Å². The van der Waals surface area contributed by atoms with E-state index >= 15 is 0 Å². The predicted molar refractivity (Wildman–Crippen MR) is 98.4 cm³/mol. The van der Waals surface area contributed by atoms with Crippen LogP contribution in [0.1, 0.15) is 26.1 Å². The fourth-order valence-electron chi connectivity index (χ4n) is 3.26. The number of aromatic amines is 1. The Labute approximate surface area is 149 Å². The number of amides is 1. The summed E-state index contributed by atoms with van der Waals surface area (Å²) in [6.45, 7) is 8.73. The van der Waals surface area contributed by atoms with Gasteiger partial charge in [0, 0.05) is 39.0 Å². The normalized spacial score (nSPS) is 18.8. The number of imidazole rings is 1. The second-order valence-corrected chi connectivity index (χ2v) is 7.15. The molecule has 2 aromatic rings. The fourth-order valence-corrected chi connectivity index (χ4v) is 3.26. The number of rotatable bonds is 7. The van der Waals surface area contributed by atoms with E-state index < -0.39 is 0 Å². The first-order valence-corrected chi connectivity index (χ1v) is 9.14. The molecule has 25 heavy (non-hydrogen) atoms. The van der Waals surface area contributed by atoms with Gasteiger partial charge in [0.2, 0.25) is 5.91 Å². The van der Waals surface area contributed by atoms with Gasteiger partial charge in [0.25, 0.3) is 0 Å². The Morgan fingerprint density at radius 2 is 2.28 bits per heavy atom. The van der Waals surface area contributed by atoms with Crippen LogP contribution in [0.3, 0.4) is 0 Å². The van der Waals surface area contributed by atoms with E-state index in [4.69, 9.17) is 4.74 Å². The molecule has 136 valence electrons. The van der Waals surface area contributed by atoms with Crippen molar-refractivity contribution in [2.75, 3.05) is 32.8 Å². The van der Waals surface area contributed by atoms with Crippen molar-refractivity contribution < 1.29 is 9.53 Å². The zero-order valence-corrected chi connectivity index (χ0v) is 15.1. The minimum absolute atomic E-state index is 0.0463. The lowest BCUT2D eigenvalue weighted by molar-refractivity contribution is -0.122. The number of morpholine rings is 1. The molecule has 2 heterocycles. The van der Waals surface area contributed by atoms with E-state index in [1.54, 1.807) is 0 Å². The molecule has 0 saturated carbocycles. The molecule has 0 spiro atoms. The number of nitrogens with zero attached hydrogens (tertiary/aromatic N) is 2. The number of hydrogen-bond acceptors (Lipinski definition) is 4. The molecule has 6 heteroatoms. The number of aryl methyl sites for hydroxylation is 1. The maximum atomic E-state index is 12.1. The molecule has 1 aliphatic heterocycles. The molecular formula is C19H28N4O2. The molecule has 1 unspecified atom stereocenters. The average molecular weight is 344 g/mol. The van der Waals surface area contributed by atoms with Gasteiger partial charge in [-0.3, -0.25) is 9.69 Å². The fraction of sp³-hybridized carbons (Fsp3) is 0.579. The van der Waals surface area contributed by atoms with E-state index in [-0.39, 0.29) is 12.0 Å². The number of nitrogens with one attached hydrogen (secondary N) is 2. The van der Waals surface area contributed by atoms with Gasteiger partial charge >= 0.3 is 0 Å². The third kappa shape index (κ3) is 5.28. The van der Waals surface area contributed by atoms with Crippen molar-refractivity contribution in [2.45, 2.75) is 32.8 Å². The summed E-state index contributed by atoms with van der Waals surface area (Å²) in [6, 6.07) is 7.91. The molecule has 1 fully saturated rings. The van der Waals surface area contributed by atoms with Gasteiger partial charge < -0.3 is 15.0 Å². The number of carbonyl (C=O) groups is 1. The highest BCUT2D eigenvalue weighted by Crippen LogP contribution is 2.11. The van der Waals surface area contributed by atoms with Crippen LogP contribution in [0.25, 0.3) is 11.0 Å². The zero-order chi connectivity index (χ0) is 17.6. The largest absolute Gasteiger partial charge is 0.374 e. The standard InChI is InChI=1S/C19H28N4O2/c1-14(2)12-23-9-10-25-15(13-23)11-20-19(24)8-7-18-21-16-5-3-4-6-17(16)22-18/h3-6,14-15H,7-13H2,1-2H3,(H,20,24)(H,21,22). The number of ether oxygens (including phenoxy) is 1. The smallest absolute Gasteiger partial charge is 0.220 e. The summed E-state index contributed by atoms with van der Waals surface area (Å²) in [5, 5.41) is 3.00. The molecule has 1 aliphatic rings. The molecule has 2 N–H and O–H groups in total. The third-order valence-corrected chi connectivity index (χ3v) is 4.40. The summed E-state index contributed by atoms with van der Waals surface area (Å²) >= 11 is 0. The predicted octanol–water partition coefficient (Wildman–Crippen LogP) is 1.97. The summed E-state index contributed by atoms with van der Waals surface area (Å²) in [4.78, 5) is 22.3. The van der Waals surface area contributed by atoms with Crippen molar-refractivity contribution in [2.24, 2.45) is 5.92 Å². The van der Waals surface area contributed by atoms with Crippen molar-refractivity contribution in [3.63, 3.8) is 0 Å². The number of carbonyl (C=O) groups excluding carboxylic acids is 1. The maximum absolute atomic E-state index is 12.1. The second-order valence-electron chi connectivity index (χ2n) is 7.15. The number of hydrogen-bond donors (Lipinski definition) is 2. The minimum atomic E-state index is 0.0463. The van der Waals surface area contributed by atoms with Crippen LogP contribution in [0.15, 0.2) is 24.3 Å². The first kappa shape index (κ1) is 17.9. The van der Waals surface area contributed by atoms with E-state index in [1.807, 2.05) is 24.3 Å². The van der Waals surface area contributed by atoms with Crippen LogP contribution < -0.4 is 5.32 Å². The van der Waals surface area contributed by atoms with Crippen molar-refractivity contribution in [3.8, 4) is 0 Å². The minimum Gasteiger partial charge on any atom is -0.374 e. The van der Waals surface area contributed by atoms with Crippen LogP contribution in [-0.4, -0.2) is 59.7 Å². The van der Waals surface area contributed by atoms with Gasteiger partial charge in [-0.15, -0.1) is 0 Å². The highest BCUT2D eigenvalue weighted by molar-refractivity contribution is 5.77. The Hall–Kier alpha value is -1.92. The van der Waals surface area contributed by atoms with Gasteiger partial charge in [0.15, 0.2) is 0 Å². The maximum Gasteiger partial charge on any atom is 0.220 e. The highest BCUT2D eigenvalue weighted by atomic mass is 16.5. The Morgan fingerprint density at radius 1 is 1.44 bits per heavy atom. The number of fused-ring (bicyclic) bond motifs is 1. The topological polar surface area (TPSA) is 70.2 Å². The highest BCUT2D eigenvalue weighted by Gasteiger charge is 2.21. The number of benzene rings is 1. The number of para-hydroxylation sites is 2. The van der Waals surface area contributed by atoms with Crippen LogP contribution in [-0.2, 0) is 16.0 Å². The molecule has 1 amide bonds. The molecule has 1 saturated heterocycles. The monoisotopic (exact) mass is 344 g/mol. The quantitative estimate of drug-likeness (QED) is 0.806. The first-order valence-electron chi connectivity index (χ1n) is 9.14. The number of aromatic nitrogens is 2. The molecule has 0 aliphatic carbocycles. The van der Waals surface area contributed by atoms with Gasteiger partial charge in [-0.25, -0.2) is 4.98 Å². The van der Waals surface area contributed by atoms with Crippen LogP contribution in [0, 0.1) is 5.92 Å². The van der Waals surface area contributed by atoms with Gasteiger partial charge in [-0.1, -0.05) is 26.0 Å². The van der Waals surface area contributed by atoms with Crippen LogP contribution in [0.5, 0.6) is 0 Å². The third-order valence-electron chi connectivity index (χ3n) is 4.40. The van der Waals surface area contributed by atoms with Crippen molar-refractivity contribution >= 4 is 16.9 Å². The van der Waals surface area contributed by atoms with Crippen molar-refractivity contribution in [1.82, 2.24) is 20.2 Å². The lowest BCUT2D eigenvalue weighted by Crippen LogP contribution is -2.48. The lowest BCUT2D eigenvalue weighted by Gasteiger charge is -2.33. The van der Waals surface area contributed by atoms with Gasteiger partial charge in [-0.2, -0.15) is 0 Å². The summed E-state index contributed by atoms with van der Waals surface area (Å²) < 4.78 is 5.77. The number of H-pyrrole nitrogens is 1. The molecule has 6 nitrogen and oxygen atoms in total. The molecule has 0 bridgehead atoms. The molecular weight excluding hydrogens is 316 g/mol. The van der Waals surface area contributed by atoms with Gasteiger partial charge in [0.05, 0.1) is 23.7 Å². The van der Waals surface area contributed by atoms with Crippen LogP contribution >= 0.6 is 0 Å². The van der Waals surface area contributed by atoms with Crippen molar-refractivity contribution in [3.05, 3.63) is 30.1 Å². The molecule has 0 radical (unpaired) electrons. The average Bonchev–Trinajstić information content (AvgIpc) is 3.01. The lowest BCUT2D eigenvalue weighted by atomic mass is 10.2. The van der Waals surface area contributed by atoms with Crippen LogP contribution in [0.4, 0.5) is 0 Å². The summed E-state index contributed by atoms with van der Waals surface area (Å²) in [7, 11) is 0. The van der Waals surface area contributed by atoms with Crippen molar-refractivity contribution in [1.29, 1.82) is 0 Å². The Morgan fingerprint density at radius 3 is 3.08 bits per heavy atom.